The Morgan fingerprint density at radius 1 is 1.12 bits per heavy atom. The second-order valence-electron chi connectivity index (χ2n) is 5.83. The van der Waals surface area contributed by atoms with Crippen LogP contribution in [0.25, 0.3) is 0 Å². The van der Waals surface area contributed by atoms with Crippen molar-refractivity contribution in [2.45, 2.75) is 34.1 Å². The first-order chi connectivity index (χ1) is 11.5. The molecule has 0 spiro atoms. The fourth-order valence-corrected chi connectivity index (χ4v) is 2.31. The summed E-state index contributed by atoms with van der Waals surface area (Å²) in [4.78, 5) is 12.2. The van der Waals surface area contributed by atoms with Gasteiger partial charge >= 0.3 is 0 Å². The van der Waals surface area contributed by atoms with E-state index in [1.165, 1.54) is 5.56 Å². The van der Waals surface area contributed by atoms with Crippen LogP contribution in [0.5, 0.6) is 5.75 Å². The molecule has 0 radical (unpaired) electrons. The lowest BCUT2D eigenvalue weighted by Crippen LogP contribution is -2.19. The van der Waals surface area contributed by atoms with Crippen molar-refractivity contribution in [1.29, 1.82) is 0 Å². The Labute approximate surface area is 143 Å². The average Bonchev–Trinajstić information content (AvgIpc) is 2.60. The molecule has 0 atom stereocenters. The number of hydrogen-bond donors (Lipinski definition) is 1. The van der Waals surface area contributed by atoms with Gasteiger partial charge in [0.15, 0.2) is 0 Å². The Morgan fingerprint density at radius 2 is 1.83 bits per heavy atom. The molecule has 4 nitrogen and oxygen atoms in total. The maximum absolute atomic E-state index is 12.2. The SMILES string of the molecule is CCCOc1ccc(C(=O)N/N=C(/C)c2cc(C)ccc2C)cc1. The maximum atomic E-state index is 12.2. The van der Waals surface area contributed by atoms with Gasteiger partial charge in [0.2, 0.25) is 0 Å². The van der Waals surface area contributed by atoms with Crippen LogP contribution in [0.3, 0.4) is 0 Å². The van der Waals surface area contributed by atoms with E-state index < -0.39 is 0 Å². The fraction of sp³-hybridized carbons (Fsp3) is 0.300. The molecule has 2 aromatic rings. The van der Waals surface area contributed by atoms with E-state index in [0.29, 0.717) is 12.2 Å². The largest absolute Gasteiger partial charge is 0.494 e. The van der Waals surface area contributed by atoms with Gasteiger partial charge in [-0.25, -0.2) is 5.43 Å². The molecule has 0 aliphatic carbocycles. The smallest absolute Gasteiger partial charge is 0.271 e. The lowest BCUT2D eigenvalue weighted by atomic mass is 10.0. The molecule has 0 saturated heterocycles. The third-order valence-corrected chi connectivity index (χ3v) is 3.70. The molecule has 4 heteroatoms. The van der Waals surface area contributed by atoms with Gasteiger partial charge in [-0.15, -0.1) is 0 Å². The summed E-state index contributed by atoms with van der Waals surface area (Å²) in [6.07, 6.45) is 0.953. The van der Waals surface area contributed by atoms with E-state index in [2.05, 4.69) is 35.7 Å². The zero-order chi connectivity index (χ0) is 17.5. The molecule has 2 rings (SSSR count). The number of carbonyl (C=O) groups is 1. The van der Waals surface area contributed by atoms with Gasteiger partial charge in [0.05, 0.1) is 12.3 Å². The van der Waals surface area contributed by atoms with Crippen molar-refractivity contribution in [3.05, 3.63) is 64.7 Å². The zero-order valence-electron chi connectivity index (χ0n) is 14.7. The highest BCUT2D eigenvalue weighted by Gasteiger charge is 2.07. The Hall–Kier alpha value is -2.62. The van der Waals surface area contributed by atoms with Crippen molar-refractivity contribution in [2.24, 2.45) is 5.10 Å². The van der Waals surface area contributed by atoms with Gasteiger partial charge in [0, 0.05) is 11.1 Å². The van der Waals surface area contributed by atoms with E-state index in [-0.39, 0.29) is 5.91 Å². The molecular weight excluding hydrogens is 300 g/mol. The third kappa shape index (κ3) is 4.69. The number of amides is 1. The fourth-order valence-electron chi connectivity index (χ4n) is 2.31. The second kappa shape index (κ2) is 8.29. The van der Waals surface area contributed by atoms with Crippen molar-refractivity contribution in [1.82, 2.24) is 5.43 Å². The van der Waals surface area contributed by atoms with Crippen LogP contribution >= 0.6 is 0 Å². The minimum absolute atomic E-state index is 0.235. The van der Waals surface area contributed by atoms with Gasteiger partial charge < -0.3 is 4.74 Å². The Morgan fingerprint density at radius 3 is 2.50 bits per heavy atom. The summed E-state index contributed by atoms with van der Waals surface area (Å²) in [5.74, 6) is 0.533. The highest BCUT2D eigenvalue weighted by atomic mass is 16.5. The molecule has 0 unspecified atom stereocenters. The van der Waals surface area contributed by atoms with Crippen LogP contribution in [0, 0.1) is 13.8 Å². The van der Waals surface area contributed by atoms with Crippen molar-refractivity contribution in [3.63, 3.8) is 0 Å². The van der Waals surface area contributed by atoms with E-state index in [1.54, 1.807) is 24.3 Å². The van der Waals surface area contributed by atoms with E-state index in [0.717, 1.165) is 29.0 Å². The Bertz CT molecular complexity index is 734. The van der Waals surface area contributed by atoms with Crippen molar-refractivity contribution < 1.29 is 9.53 Å². The number of rotatable bonds is 6. The quantitative estimate of drug-likeness (QED) is 0.638. The predicted octanol–water partition coefficient (Wildman–Crippen LogP) is 4.25. The van der Waals surface area contributed by atoms with Crippen LogP contribution in [-0.4, -0.2) is 18.2 Å². The van der Waals surface area contributed by atoms with Gasteiger partial charge in [-0.1, -0.05) is 24.6 Å². The molecule has 0 heterocycles. The zero-order valence-corrected chi connectivity index (χ0v) is 14.7. The molecule has 0 saturated carbocycles. The standard InChI is InChI=1S/C20H24N2O2/c1-5-12-24-18-10-8-17(9-11-18)20(23)22-21-16(4)19-13-14(2)6-7-15(19)3/h6-11,13H,5,12H2,1-4H3,(H,22,23)/b21-16-. The number of nitrogens with zero attached hydrogens (tertiary/aromatic N) is 1. The first-order valence-electron chi connectivity index (χ1n) is 8.16. The van der Waals surface area contributed by atoms with Gasteiger partial charge in [-0.05, 0) is 63.1 Å². The number of hydrogen-bond acceptors (Lipinski definition) is 3. The summed E-state index contributed by atoms with van der Waals surface area (Å²) >= 11 is 0. The van der Waals surface area contributed by atoms with Crippen LogP contribution in [0.4, 0.5) is 0 Å². The van der Waals surface area contributed by atoms with Gasteiger partial charge in [-0.2, -0.15) is 5.10 Å². The molecule has 0 aliphatic heterocycles. The predicted molar refractivity (Wildman–Crippen MR) is 97.8 cm³/mol. The van der Waals surface area contributed by atoms with E-state index >= 15 is 0 Å². The monoisotopic (exact) mass is 324 g/mol. The van der Waals surface area contributed by atoms with Crippen LogP contribution in [-0.2, 0) is 0 Å². The molecular formula is C20H24N2O2. The third-order valence-electron chi connectivity index (χ3n) is 3.70. The molecule has 126 valence electrons. The van der Waals surface area contributed by atoms with Crippen LogP contribution in [0.1, 0.15) is 47.3 Å². The van der Waals surface area contributed by atoms with Crippen LogP contribution in [0.2, 0.25) is 0 Å². The van der Waals surface area contributed by atoms with Gasteiger partial charge in [-0.3, -0.25) is 4.79 Å². The second-order valence-corrected chi connectivity index (χ2v) is 5.83. The molecule has 0 fully saturated rings. The minimum atomic E-state index is -0.235. The molecule has 24 heavy (non-hydrogen) atoms. The van der Waals surface area contributed by atoms with Crippen LogP contribution < -0.4 is 10.2 Å². The van der Waals surface area contributed by atoms with Crippen molar-refractivity contribution in [2.75, 3.05) is 6.61 Å². The summed E-state index contributed by atoms with van der Waals surface area (Å²) in [6, 6.07) is 13.3. The normalized spacial score (nSPS) is 11.2. The summed E-state index contributed by atoms with van der Waals surface area (Å²) in [5, 5.41) is 4.23. The average molecular weight is 324 g/mol. The lowest BCUT2D eigenvalue weighted by molar-refractivity contribution is 0.0955. The van der Waals surface area contributed by atoms with Gasteiger partial charge in [0.25, 0.3) is 5.91 Å². The van der Waals surface area contributed by atoms with E-state index in [1.807, 2.05) is 20.8 Å². The first-order valence-corrected chi connectivity index (χ1v) is 8.16. The highest BCUT2D eigenvalue weighted by molar-refractivity contribution is 6.01. The molecule has 1 amide bonds. The summed E-state index contributed by atoms with van der Waals surface area (Å²) in [6.45, 7) is 8.69. The molecule has 0 aliphatic rings. The maximum Gasteiger partial charge on any atom is 0.271 e. The molecule has 2 aromatic carbocycles. The summed E-state index contributed by atoms with van der Waals surface area (Å²) < 4.78 is 5.51. The lowest BCUT2D eigenvalue weighted by Gasteiger charge is -2.08. The van der Waals surface area contributed by atoms with Crippen molar-refractivity contribution in [3.8, 4) is 5.75 Å². The highest BCUT2D eigenvalue weighted by Crippen LogP contribution is 2.13. The number of benzene rings is 2. The molecule has 1 N–H and O–H groups in total. The number of carbonyl (C=O) groups excluding carboxylic acids is 1. The van der Waals surface area contributed by atoms with Gasteiger partial charge in [0.1, 0.15) is 5.75 Å². The molecule has 0 bridgehead atoms. The van der Waals surface area contributed by atoms with Crippen LogP contribution in [0.15, 0.2) is 47.6 Å². The minimum Gasteiger partial charge on any atom is -0.494 e. The first kappa shape index (κ1) is 17.7. The Balaban J connectivity index is 2.05. The number of nitrogens with one attached hydrogen (secondary N) is 1. The van der Waals surface area contributed by atoms with Crippen molar-refractivity contribution >= 4 is 11.6 Å². The van der Waals surface area contributed by atoms with E-state index in [9.17, 15) is 4.79 Å². The Kier molecular flexibility index (Phi) is 6.13. The summed E-state index contributed by atoms with van der Waals surface area (Å²) in [7, 11) is 0. The number of aryl methyl sites for hydroxylation is 2. The molecule has 0 aromatic heterocycles. The number of hydrazone groups is 1. The number of ether oxygens (including phenoxy) is 1. The topological polar surface area (TPSA) is 50.7 Å². The summed E-state index contributed by atoms with van der Waals surface area (Å²) in [5.41, 5.74) is 7.29. The van der Waals surface area contributed by atoms with E-state index in [4.69, 9.17) is 4.74 Å².